The van der Waals surface area contributed by atoms with Crippen LogP contribution in [0.25, 0.3) is 10.9 Å². The van der Waals surface area contributed by atoms with Crippen molar-refractivity contribution in [3.05, 3.63) is 147 Å². The van der Waals surface area contributed by atoms with Crippen molar-refractivity contribution < 1.29 is 9.59 Å². The molecule has 0 aliphatic carbocycles. The van der Waals surface area contributed by atoms with Crippen molar-refractivity contribution >= 4 is 28.4 Å². The van der Waals surface area contributed by atoms with Gasteiger partial charge in [-0.1, -0.05) is 78.4 Å². The fourth-order valence-electron chi connectivity index (χ4n) is 4.65. The minimum absolute atomic E-state index is 0.0415. The molecule has 5 aromatic rings. The molecule has 5 heteroatoms. The molecule has 1 amide bonds. The van der Waals surface area contributed by atoms with Gasteiger partial charge in [0.25, 0.3) is 17.4 Å². The molecule has 5 nitrogen and oxygen atoms in total. The van der Waals surface area contributed by atoms with E-state index in [1.54, 1.807) is 41.3 Å². The second kappa shape index (κ2) is 10.7. The van der Waals surface area contributed by atoms with Gasteiger partial charge in [0.2, 0.25) is 0 Å². The number of carbonyl (C=O) groups excluding carboxylic acids is 2. The largest absolute Gasteiger partial charge is 0.308 e. The maximum atomic E-state index is 13.7. The third-order valence-electron chi connectivity index (χ3n) is 6.70. The van der Waals surface area contributed by atoms with Crippen molar-refractivity contribution in [1.29, 1.82) is 0 Å². The lowest BCUT2D eigenvalue weighted by molar-refractivity contribution is 0.0959. The van der Waals surface area contributed by atoms with Gasteiger partial charge in [0.15, 0.2) is 0 Å². The topological polar surface area (TPSA) is 59.4 Å². The van der Waals surface area contributed by atoms with E-state index >= 15 is 0 Å². The maximum Gasteiger partial charge on any atom is 0.270 e. The molecule has 0 radical (unpaired) electrons. The lowest BCUT2D eigenvalue weighted by atomic mass is 10.0. The molecule has 0 atom stereocenters. The van der Waals surface area contributed by atoms with E-state index in [0.717, 1.165) is 22.1 Å². The number of hydrogen-bond acceptors (Lipinski definition) is 3. The number of amides is 1. The number of rotatable bonds is 6. The van der Waals surface area contributed by atoms with E-state index in [4.69, 9.17) is 0 Å². The summed E-state index contributed by atoms with van der Waals surface area (Å²) in [5.41, 5.74) is 4.18. The summed E-state index contributed by atoms with van der Waals surface area (Å²) in [6.07, 6.45) is 0.744. The molecule has 188 valence electrons. The lowest BCUT2D eigenvalue weighted by Gasteiger charge is -2.22. The fourth-order valence-corrected chi connectivity index (χ4v) is 4.65. The Kier molecular flexibility index (Phi) is 7.00. The monoisotopic (exact) mass is 500 g/mol. The highest BCUT2D eigenvalue weighted by Gasteiger charge is 2.24. The van der Waals surface area contributed by atoms with Crippen LogP contribution in [0.5, 0.6) is 0 Å². The number of fused-ring (bicyclic) bond motifs is 1. The van der Waals surface area contributed by atoms with E-state index in [9.17, 15) is 14.4 Å². The van der Waals surface area contributed by atoms with Crippen LogP contribution < -0.4 is 10.5 Å². The van der Waals surface area contributed by atoms with Gasteiger partial charge < -0.3 is 4.90 Å². The smallest absolute Gasteiger partial charge is 0.270 e. The number of anilines is 1. The van der Waals surface area contributed by atoms with Gasteiger partial charge in [0.05, 0.1) is 5.52 Å². The first-order chi connectivity index (χ1) is 18.5. The van der Waals surface area contributed by atoms with Crippen LogP contribution in [0.3, 0.4) is 0 Å². The van der Waals surface area contributed by atoms with E-state index in [0.29, 0.717) is 28.7 Å². The van der Waals surface area contributed by atoms with Crippen LogP contribution in [-0.4, -0.2) is 22.9 Å². The van der Waals surface area contributed by atoms with Gasteiger partial charge in [-0.25, -0.2) is 4.57 Å². The minimum Gasteiger partial charge on any atom is -0.308 e. The van der Waals surface area contributed by atoms with Gasteiger partial charge in [0, 0.05) is 17.8 Å². The van der Waals surface area contributed by atoms with E-state index in [1.165, 1.54) is 5.56 Å². The summed E-state index contributed by atoms with van der Waals surface area (Å²) in [5.74, 6) is -0.905. The minimum atomic E-state index is -0.627. The molecule has 4 aromatic carbocycles. The third kappa shape index (κ3) is 4.91. The molecule has 0 bridgehead atoms. The molecule has 0 saturated carbocycles. The Bertz CT molecular complexity index is 1670. The molecule has 5 rings (SSSR count). The average Bonchev–Trinajstić information content (AvgIpc) is 2.94. The Morgan fingerprint density at radius 3 is 2.08 bits per heavy atom. The zero-order valence-corrected chi connectivity index (χ0v) is 21.4. The normalized spacial score (nSPS) is 10.9. The highest BCUT2D eigenvalue weighted by atomic mass is 16.2. The molecule has 0 fully saturated rings. The number of aromatic nitrogens is 1. The summed E-state index contributed by atoms with van der Waals surface area (Å²) >= 11 is 0. The number of pyridine rings is 1. The second-order valence-corrected chi connectivity index (χ2v) is 9.31. The van der Waals surface area contributed by atoms with Crippen molar-refractivity contribution in [2.75, 3.05) is 11.4 Å². The van der Waals surface area contributed by atoms with Crippen molar-refractivity contribution in [1.82, 2.24) is 4.57 Å². The first-order valence-corrected chi connectivity index (χ1v) is 12.7. The van der Waals surface area contributed by atoms with Crippen LogP contribution in [0.4, 0.5) is 5.69 Å². The standard InChI is InChI=1S/C33H28N2O3/c1-3-34(28-19-13-23(2)14-20-28)32(37)29-22-27-11-7-8-12-30(27)35(33(29)38)31(36)26-17-15-25(16-18-26)21-24-9-5-4-6-10-24/h4-20,22H,3,21H2,1-2H3. The highest BCUT2D eigenvalue weighted by molar-refractivity contribution is 6.09. The number of aryl methyl sites for hydroxylation is 1. The second-order valence-electron chi connectivity index (χ2n) is 9.31. The molecule has 0 aliphatic heterocycles. The third-order valence-corrected chi connectivity index (χ3v) is 6.70. The molecule has 0 spiro atoms. The average molecular weight is 501 g/mol. The van der Waals surface area contributed by atoms with Gasteiger partial charge in [-0.05, 0) is 73.2 Å². The first kappa shape index (κ1) is 24.9. The van der Waals surface area contributed by atoms with Gasteiger partial charge in [-0.2, -0.15) is 0 Å². The molecule has 0 aliphatic rings. The summed E-state index contributed by atoms with van der Waals surface area (Å²) in [4.78, 5) is 42.7. The zero-order chi connectivity index (χ0) is 26.6. The Morgan fingerprint density at radius 2 is 1.39 bits per heavy atom. The summed E-state index contributed by atoms with van der Waals surface area (Å²) in [5, 5.41) is 0.643. The number of hydrogen-bond donors (Lipinski definition) is 0. The molecule has 38 heavy (non-hydrogen) atoms. The number of nitrogens with zero attached hydrogens (tertiary/aromatic N) is 2. The molecule has 1 heterocycles. The highest BCUT2D eigenvalue weighted by Crippen LogP contribution is 2.21. The Labute approximate surface area is 221 Å². The van der Waals surface area contributed by atoms with E-state index in [2.05, 4.69) is 12.1 Å². The molecule has 1 aromatic heterocycles. The Morgan fingerprint density at radius 1 is 0.763 bits per heavy atom. The van der Waals surface area contributed by atoms with Gasteiger partial charge >= 0.3 is 0 Å². The number of para-hydroxylation sites is 1. The van der Waals surface area contributed by atoms with Gasteiger partial charge in [0.1, 0.15) is 5.56 Å². The van der Waals surface area contributed by atoms with E-state index in [1.807, 2.05) is 74.5 Å². The van der Waals surface area contributed by atoms with Crippen molar-refractivity contribution in [3.63, 3.8) is 0 Å². The Hall–Kier alpha value is -4.77. The summed E-state index contributed by atoms with van der Waals surface area (Å²) in [7, 11) is 0. The number of carbonyl (C=O) groups is 2. The predicted molar refractivity (Wildman–Crippen MR) is 152 cm³/mol. The van der Waals surface area contributed by atoms with Gasteiger partial charge in [-0.15, -0.1) is 0 Å². The fraction of sp³-hybridized carbons (Fsp3) is 0.121. The predicted octanol–water partition coefficient (Wildman–Crippen LogP) is 6.26. The van der Waals surface area contributed by atoms with E-state index < -0.39 is 17.4 Å². The van der Waals surface area contributed by atoms with Crippen LogP contribution in [0.1, 0.15) is 44.3 Å². The summed E-state index contributed by atoms with van der Waals surface area (Å²) in [6.45, 7) is 4.22. The molecule has 0 N–H and O–H groups in total. The van der Waals surface area contributed by atoms with Crippen molar-refractivity contribution in [2.45, 2.75) is 20.3 Å². The molecule has 0 saturated heterocycles. The van der Waals surface area contributed by atoms with Crippen molar-refractivity contribution in [3.8, 4) is 0 Å². The molecular weight excluding hydrogens is 472 g/mol. The molecule has 0 unspecified atom stereocenters. The van der Waals surface area contributed by atoms with Gasteiger partial charge in [-0.3, -0.25) is 14.4 Å². The van der Waals surface area contributed by atoms with Crippen LogP contribution >= 0.6 is 0 Å². The zero-order valence-electron chi connectivity index (χ0n) is 21.4. The first-order valence-electron chi connectivity index (χ1n) is 12.7. The quantitative estimate of drug-likeness (QED) is 0.277. The summed E-state index contributed by atoms with van der Waals surface area (Å²) < 4.78 is 1.12. The van der Waals surface area contributed by atoms with Crippen LogP contribution in [0.2, 0.25) is 0 Å². The number of benzene rings is 4. The van der Waals surface area contributed by atoms with E-state index in [-0.39, 0.29) is 5.56 Å². The SMILES string of the molecule is CCN(C(=O)c1cc2ccccc2n(C(=O)c2ccc(Cc3ccccc3)cc2)c1=O)c1ccc(C)cc1. The Balaban J connectivity index is 1.54. The van der Waals surface area contributed by atoms with Crippen LogP contribution in [-0.2, 0) is 6.42 Å². The lowest BCUT2D eigenvalue weighted by Crippen LogP contribution is -2.38. The van der Waals surface area contributed by atoms with Crippen LogP contribution in [0, 0.1) is 6.92 Å². The molecular formula is C33H28N2O3. The van der Waals surface area contributed by atoms with Crippen LogP contribution in [0.15, 0.2) is 114 Å². The maximum absolute atomic E-state index is 13.7. The summed E-state index contributed by atoms with van der Waals surface area (Å²) in [6, 6.07) is 33.7. The van der Waals surface area contributed by atoms with Crippen molar-refractivity contribution in [2.24, 2.45) is 0 Å².